The van der Waals surface area contributed by atoms with Gasteiger partial charge in [0.25, 0.3) is 0 Å². The van der Waals surface area contributed by atoms with Crippen molar-refractivity contribution in [2.24, 2.45) is 0 Å². The first-order valence-corrected chi connectivity index (χ1v) is 10.0. The van der Waals surface area contributed by atoms with Crippen LogP contribution in [0.5, 0.6) is 0 Å². The van der Waals surface area contributed by atoms with E-state index in [4.69, 9.17) is 4.52 Å². The molecule has 0 spiro atoms. The van der Waals surface area contributed by atoms with Gasteiger partial charge in [-0.25, -0.2) is 8.42 Å². The molecular formula is C17H19N5O3S. The Morgan fingerprint density at radius 3 is 2.54 bits per heavy atom. The predicted molar refractivity (Wildman–Crippen MR) is 97.2 cm³/mol. The molecule has 1 aliphatic rings. The number of piperazine rings is 1. The molecule has 136 valence electrons. The zero-order valence-electron chi connectivity index (χ0n) is 14.4. The molecule has 0 bridgehead atoms. The van der Waals surface area contributed by atoms with Gasteiger partial charge in [0, 0.05) is 31.6 Å². The summed E-state index contributed by atoms with van der Waals surface area (Å²) in [7, 11) is -3.46. The van der Waals surface area contributed by atoms with Crippen LogP contribution in [-0.4, -0.2) is 54.3 Å². The number of para-hydroxylation sites is 1. The average Bonchev–Trinajstić information content (AvgIpc) is 3.05. The fraction of sp³-hybridized carbons (Fsp3) is 0.353. The van der Waals surface area contributed by atoms with E-state index < -0.39 is 10.0 Å². The Hall–Kier alpha value is -2.52. The molecule has 0 unspecified atom stereocenters. The second-order valence-corrected chi connectivity index (χ2v) is 8.27. The van der Waals surface area contributed by atoms with E-state index in [1.165, 1.54) is 4.31 Å². The average molecular weight is 373 g/mol. The van der Waals surface area contributed by atoms with Crippen LogP contribution in [0, 0.1) is 6.92 Å². The molecule has 0 amide bonds. The van der Waals surface area contributed by atoms with Crippen molar-refractivity contribution >= 4 is 26.8 Å². The van der Waals surface area contributed by atoms with Crippen LogP contribution in [0.4, 0.5) is 5.82 Å². The fourth-order valence-electron chi connectivity index (χ4n) is 3.06. The lowest BCUT2D eigenvalue weighted by Gasteiger charge is -2.34. The van der Waals surface area contributed by atoms with Gasteiger partial charge in [0.05, 0.1) is 5.69 Å². The Labute approximate surface area is 151 Å². The van der Waals surface area contributed by atoms with E-state index in [-0.39, 0.29) is 5.75 Å². The molecule has 26 heavy (non-hydrogen) atoms. The molecule has 3 aromatic rings. The highest BCUT2D eigenvalue weighted by Gasteiger charge is 2.29. The summed E-state index contributed by atoms with van der Waals surface area (Å²) in [5.41, 5.74) is 1.91. The van der Waals surface area contributed by atoms with Gasteiger partial charge >= 0.3 is 0 Å². The van der Waals surface area contributed by atoms with Crippen LogP contribution in [-0.2, 0) is 15.8 Å². The Bertz CT molecular complexity index is 1010. The second-order valence-electron chi connectivity index (χ2n) is 6.30. The molecule has 0 radical (unpaired) electrons. The Morgan fingerprint density at radius 1 is 1.04 bits per heavy atom. The van der Waals surface area contributed by atoms with Crippen LogP contribution >= 0.6 is 0 Å². The molecule has 0 saturated carbocycles. The first-order valence-electron chi connectivity index (χ1n) is 8.39. The fourth-order valence-corrected chi connectivity index (χ4v) is 4.52. The van der Waals surface area contributed by atoms with Crippen LogP contribution in [0.1, 0.15) is 11.4 Å². The molecule has 8 nitrogen and oxygen atoms in total. The largest absolute Gasteiger partial charge is 0.356 e. The molecule has 1 fully saturated rings. The highest BCUT2D eigenvalue weighted by Crippen LogP contribution is 2.22. The van der Waals surface area contributed by atoms with Crippen molar-refractivity contribution in [2.45, 2.75) is 12.7 Å². The number of benzene rings is 1. The van der Waals surface area contributed by atoms with Gasteiger partial charge in [0.2, 0.25) is 10.0 Å². The maximum Gasteiger partial charge on any atom is 0.220 e. The van der Waals surface area contributed by atoms with E-state index in [1.54, 1.807) is 6.07 Å². The first-order chi connectivity index (χ1) is 12.5. The maximum atomic E-state index is 12.8. The lowest BCUT2D eigenvalue weighted by Crippen LogP contribution is -2.49. The van der Waals surface area contributed by atoms with E-state index in [2.05, 4.69) is 15.4 Å². The number of sulfonamides is 1. The lowest BCUT2D eigenvalue weighted by molar-refractivity contribution is 0.381. The van der Waals surface area contributed by atoms with Crippen molar-refractivity contribution in [1.82, 2.24) is 19.7 Å². The van der Waals surface area contributed by atoms with Gasteiger partial charge in [-0.1, -0.05) is 17.3 Å². The van der Waals surface area contributed by atoms with Crippen LogP contribution < -0.4 is 4.90 Å². The molecule has 0 aliphatic carbocycles. The standard InChI is InChI=1S/C17H19N5O3S/c1-13-6-7-17(19-18-13)21-8-10-22(11-9-21)26(23,24)12-15-14-4-2-3-5-16(14)25-20-15/h2-7H,8-12H2,1H3. The van der Waals surface area contributed by atoms with E-state index in [0.29, 0.717) is 37.5 Å². The van der Waals surface area contributed by atoms with Gasteiger partial charge in [-0.2, -0.15) is 9.40 Å². The number of rotatable bonds is 4. The Morgan fingerprint density at radius 2 is 1.81 bits per heavy atom. The lowest BCUT2D eigenvalue weighted by atomic mass is 10.2. The molecule has 1 saturated heterocycles. The SMILES string of the molecule is Cc1ccc(N2CCN(S(=O)(=O)Cc3noc4ccccc34)CC2)nn1. The van der Waals surface area contributed by atoms with Gasteiger partial charge in [0.15, 0.2) is 11.4 Å². The molecule has 0 atom stereocenters. The summed E-state index contributed by atoms with van der Waals surface area (Å²) in [4.78, 5) is 2.05. The van der Waals surface area contributed by atoms with Crippen molar-refractivity contribution in [3.63, 3.8) is 0 Å². The minimum absolute atomic E-state index is 0.158. The molecule has 9 heteroatoms. The smallest absolute Gasteiger partial charge is 0.220 e. The number of nitrogens with zero attached hydrogens (tertiary/aromatic N) is 5. The summed E-state index contributed by atoms with van der Waals surface area (Å²) in [5.74, 6) is 0.615. The van der Waals surface area contributed by atoms with Crippen LogP contribution in [0.15, 0.2) is 40.9 Å². The zero-order valence-corrected chi connectivity index (χ0v) is 15.2. The highest BCUT2D eigenvalue weighted by atomic mass is 32.2. The van der Waals surface area contributed by atoms with E-state index in [9.17, 15) is 8.42 Å². The third kappa shape index (κ3) is 3.27. The van der Waals surface area contributed by atoms with Crippen LogP contribution in [0.3, 0.4) is 0 Å². The minimum Gasteiger partial charge on any atom is -0.356 e. The van der Waals surface area contributed by atoms with Gasteiger partial charge in [-0.05, 0) is 31.2 Å². The molecular weight excluding hydrogens is 354 g/mol. The van der Waals surface area contributed by atoms with Gasteiger partial charge in [-0.15, -0.1) is 5.10 Å². The van der Waals surface area contributed by atoms with Gasteiger partial charge < -0.3 is 9.42 Å². The summed E-state index contributed by atoms with van der Waals surface area (Å²) in [5, 5.41) is 12.9. The maximum absolute atomic E-state index is 12.8. The Balaban J connectivity index is 1.45. The summed E-state index contributed by atoms with van der Waals surface area (Å²) >= 11 is 0. The van der Waals surface area contributed by atoms with Gasteiger partial charge in [0.1, 0.15) is 11.4 Å². The number of hydrogen-bond donors (Lipinski definition) is 0. The van der Waals surface area contributed by atoms with E-state index in [0.717, 1.165) is 16.9 Å². The zero-order chi connectivity index (χ0) is 18.1. The summed E-state index contributed by atoms with van der Waals surface area (Å²) in [6.45, 7) is 3.86. The Kier molecular flexibility index (Phi) is 4.33. The number of aryl methyl sites for hydroxylation is 1. The van der Waals surface area contributed by atoms with Crippen molar-refractivity contribution in [1.29, 1.82) is 0 Å². The summed E-state index contributed by atoms with van der Waals surface area (Å²) in [6, 6.07) is 11.1. The quantitative estimate of drug-likeness (QED) is 0.685. The van der Waals surface area contributed by atoms with Crippen molar-refractivity contribution < 1.29 is 12.9 Å². The molecule has 2 aromatic heterocycles. The van der Waals surface area contributed by atoms with Crippen LogP contribution in [0.25, 0.3) is 11.0 Å². The molecule has 1 aromatic carbocycles. The number of fused-ring (bicyclic) bond motifs is 1. The number of aromatic nitrogens is 3. The van der Waals surface area contributed by atoms with Crippen molar-refractivity contribution in [2.75, 3.05) is 31.1 Å². The minimum atomic E-state index is -3.46. The number of anilines is 1. The highest BCUT2D eigenvalue weighted by molar-refractivity contribution is 7.88. The van der Waals surface area contributed by atoms with E-state index >= 15 is 0 Å². The van der Waals surface area contributed by atoms with Crippen molar-refractivity contribution in [3.8, 4) is 0 Å². The molecule has 1 aliphatic heterocycles. The van der Waals surface area contributed by atoms with Crippen LogP contribution in [0.2, 0.25) is 0 Å². The van der Waals surface area contributed by atoms with E-state index in [1.807, 2.05) is 42.2 Å². The second kappa shape index (κ2) is 6.65. The molecule has 3 heterocycles. The predicted octanol–water partition coefficient (Wildman–Crippen LogP) is 1.58. The summed E-state index contributed by atoms with van der Waals surface area (Å²) < 4.78 is 32.3. The third-order valence-electron chi connectivity index (χ3n) is 4.51. The molecule has 0 N–H and O–H groups in total. The molecule has 4 rings (SSSR count). The van der Waals surface area contributed by atoms with Crippen molar-refractivity contribution in [3.05, 3.63) is 47.8 Å². The first kappa shape index (κ1) is 16.9. The summed E-state index contributed by atoms with van der Waals surface area (Å²) in [6.07, 6.45) is 0. The van der Waals surface area contributed by atoms with Gasteiger partial charge in [-0.3, -0.25) is 0 Å². The normalized spacial score (nSPS) is 16.3. The number of hydrogen-bond acceptors (Lipinski definition) is 7. The third-order valence-corrected chi connectivity index (χ3v) is 6.30. The topological polar surface area (TPSA) is 92.4 Å². The monoisotopic (exact) mass is 373 g/mol.